The molecule has 0 fully saturated rings. The van der Waals surface area contributed by atoms with E-state index in [-0.39, 0.29) is 23.3 Å². The zero-order chi connectivity index (χ0) is 18.7. The van der Waals surface area contributed by atoms with E-state index in [0.29, 0.717) is 18.0 Å². The largest absolute Gasteiger partial charge is 0.494 e. The highest BCUT2D eigenvalue weighted by Gasteiger charge is 2.37. The van der Waals surface area contributed by atoms with Gasteiger partial charge < -0.3 is 9.47 Å². The van der Waals surface area contributed by atoms with Crippen molar-refractivity contribution in [3.63, 3.8) is 0 Å². The third kappa shape index (κ3) is 3.00. The number of carbonyl (C=O) groups excluding carboxylic acids is 3. The molecule has 7 heteroatoms. The number of esters is 1. The molecular weight excluding hydrogens is 336 g/mol. The minimum atomic E-state index is -0.728. The lowest BCUT2D eigenvalue weighted by atomic mass is 10.1. The van der Waals surface area contributed by atoms with E-state index < -0.39 is 17.8 Å². The molecule has 1 aliphatic heterocycles. The standard InChI is InChI=1S/C19H14N2O5/c1-2-25-14-6-4-13(5-7-14)21-17(22)15-8-3-12(11-16(15)18(21)23)19(24)26-10-9-20/h3-8,11H,2,10H2,1H3. The van der Waals surface area contributed by atoms with Crippen LogP contribution in [0.1, 0.15) is 38.0 Å². The van der Waals surface area contributed by atoms with Crippen LogP contribution in [0.2, 0.25) is 0 Å². The van der Waals surface area contributed by atoms with Crippen LogP contribution in [-0.4, -0.2) is 31.0 Å². The number of fused-ring (bicyclic) bond motifs is 1. The van der Waals surface area contributed by atoms with Crippen LogP contribution in [-0.2, 0) is 4.74 Å². The molecule has 3 rings (SSSR count). The molecule has 2 amide bonds. The number of hydrogen-bond donors (Lipinski definition) is 0. The van der Waals surface area contributed by atoms with Gasteiger partial charge in [-0.05, 0) is 49.4 Å². The second-order valence-electron chi connectivity index (χ2n) is 5.37. The average Bonchev–Trinajstić information content (AvgIpc) is 2.91. The van der Waals surface area contributed by atoms with Crippen LogP contribution in [0, 0.1) is 11.3 Å². The number of carbonyl (C=O) groups is 3. The molecule has 0 saturated heterocycles. The molecular formula is C19H14N2O5. The van der Waals surface area contributed by atoms with Crippen molar-refractivity contribution in [2.24, 2.45) is 0 Å². The molecule has 1 aliphatic rings. The first-order valence-electron chi connectivity index (χ1n) is 7.86. The summed E-state index contributed by atoms with van der Waals surface area (Å²) in [5, 5.41) is 8.47. The lowest BCUT2D eigenvalue weighted by molar-refractivity contribution is 0.0554. The Labute approximate surface area is 149 Å². The SMILES string of the molecule is CCOc1ccc(N2C(=O)c3ccc(C(=O)OCC#N)cc3C2=O)cc1. The molecule has 1 heterocycles. The van der Waals surface area contributed by atoms with Crippen molar-refractivity contribution < 1.29 is 23.9 Å². The molecule has 0 aliphatic carbocycles. The number of nitriles is 1. The first-order valence-corrected chi connectivity index (χ1v) is 7.86. The first kappa shape index (κ1) is 17.2. The van der Waals surface area contributed by atoms with E-state index >= 15 is 0 Å². The van der Waals surface area contributed by atoms with E-state index in [1.807, 2.05) is 6.92 Å². The van der Waals surface area contributed by atoms with Gasteiger partial charge in [-0.15, -0.1) is 0 Å². The van der Waals surface area contributed by atoms with Gasteiger partial charge in [0.15, 0.2) is 6.61 Å². The third-order valence-electron chi connectivity index (χ3n) is 3.80. The van der Waals surface area contributed by atoms with Crippen LogP contribution < -0.4 is 9.64 Å². The van der Waals surface area contributed by atoms with Crippen LogP contribution in [0.3, 0.4) is 0 Å². The summed E-state index contributed by atoms with van der Waals surface area (Å²) >= 11 is 0. The summed E-state index contributed by atoms with van der Waals surface area (Å²) in [6.07, 6.45) is 0. The molecule has 0 N–H and O–H groups in total. The van der Waals surface area contributed by atoms with Gasteiger partial charge in [0, 0.05) is 0 Å². The summed E-state index contributed by atoms with van der Waals surface area (Å²) in [4.78, 5) is 38.2. The van der Waals surface area contributed by atoms with E-state index in [1.165, 1.54) is 18.2 Å². The maximum Gasteiger partial charge on any atom is 0.339 e. The van der Waals surface area contributed by atoms with Crippen LogP contribution in [0.25, 0.3) is 0 Å². The molecule has 2 aromatic carbocycles. The Morgan fingerprint density at radius 3 is 2.42 bits per heavy atom. The minimum Gasteiger partial charge on any atom is -0.494 e. The van der Waals surface area contributed by atoms with Gasteiger partial charge in [-0.3, -0.25) is 9.59 Å². The van der Waals surface area contributed by atoms with Gasteiger partial charge in [-0.1, -0.05) is 0 Å². The van der Waals surface area contributed by atoms with Crippen molar-refractivity contribution in [3.8, 4) is 11.8 Å². The fraction of sp³-hybridized carbons (Fsp3) is 0.158. The summed E-state index contributed by atoms with van der Waals surface area (Å²) in [5.41, 5.74) is 0.845. The van der Waals surface area contributed by atoms with Gasteiger partial charge in [-0.2, -0.15) is 5.26 Å². The normalized spacial score (nSPS) is 12.5. The highest BCUT2D eigenvalue weighted by molar-refractivity contribution is 6.34. The molecule has 2 aromatic rings. The van der Waals surface area contributed by atoms with E-state index in [2.05, 4.69) is 0 Å². The van der Waals surface area contributed by atoms with Crippen LogP contribution in [0.5, 0.6) is 5.75 Å². The van der Waals surface area contributed by atoms with Gasteiger partial charge in [-0.25, -0.2) is 9.69 Å². The molecule has 7 nitrogen and oxygen atoms in total. The van der Waals surface area contributed by atoms with Gasteiger partial charge in [0.2, 0.25) is 0 Å². The quantitative estimate of drug-likeness (QED) is 0.607. The van der Waals surface area contributed by atoms with Crippen molar-refractivity contribution in [3.05, 3.63) is 59.2 Å². The van der Waals surface area contributed by atoms with E-state index in [1.54, 1.807) is 30.3 Å². The van der Waals surface area contributed by atoms with Gasteiger partial charge in [0.25, 0.3) is 11.8 Å². The van der Waals surface area contributed by atoms with Gasteiger partial charge in [0.1, 0.15) is 11.8 Å². The fourth-order valence-electron chi connectivity index (χ4n) is 2.64. The number of anilines is 1. The Bertz CT molecular complexity index is 928. The Kier molecular flexibility index (Phi) is 4.67. The van der Waals surface area contributed by atoms with Crippen LogP contribution in [0.4, 0.5) is 5.69 Å². The van der Waals surface area contributed by atoms with Crippen LogP contribution >= 0.6 is 0 Å². The Morgan fingerprint density at radius 1 is 1.08 bits per heavy atom. The molecule has 0 unspecified atom stereocenters. The zero-order valence-corrected chi connectivity index (χ0v) is 13.9. The van der Waals surface area contributed by atoms with Gasteiger partial charge in [0.05, 0.1) is 29.0 Å². The molecule has 0 radical (unpaired) electrons. The van der Waals surface area contributed by atoms with E-state index in [9.17, 15) is 14.4 Å². The number of rotatable bonds is 5. The second-order valence-corrected chi connectivity index (χ2v) is 5.37. The van der Waals surface area contributed by atoms with Crippen molar-refractivity contribution in [2.75, 3.05) is 18.1 Å². The highest BCUT2D eigenvalue weighted by Crippen LogP contribution is 2.30. The fourth-order valence-corrected chi connectivity index (χ4v) is 2.64. The van der Waals surface area contributed by atoms with E-state index in [4.69, 9.17) is 14.7 Å². The molecule has 0 spiro atoms. The number of nitrogens with zero attached hydrogens (tertiary/aromatic N) is 2. The molecule has 0 bridgehead atoms. The predicted molar refractivity (Wildman–Crippen MR) is 91.1 cm³/mol. The summed E-state index contributed by atoms with van der Waals surface area (Å²) in [7, 11) is 0. The minimum absolute atomic E-state index is 0.105. The maximum atomic E-state index is 12.7. The van der Waals surface area contributed by atoms with Crippen LogP contribution in [0.15, 0.2) is 42.5 Å². The topological polar surface area (TPSA) is 96.7 Å². The highest BCUT2D eigenvalue weighted by atomic mass is 16.5. The number of amides is 2. The van der Waals surface area contributed by atoms with Crippen molar-refractivity contribution in [2.45, 2.75) is 6.92 Å². The van der Waals surface area contributed by atoms with Gasteiger partial charge >= 0.3 is 5.97 Å². The van der Waals surface area contributed by atoms with Crippen molar-refractivity contribution in [1.82, 2.24) is 0 Å². The molecule has 0 saturated carbocycles. The monoisotopic (exact) mass is 350 g/mol. The van der Waals surface area contributed by atoms with Crippen molar-refractivity contribution >= 4 is 23.5 Å². The third-order valence-corrected chi connectivity index (χ3v) is 3.80. The maximum absolute atomic E-state index is 12.7. The summed E-state index contributed by atoms with van der Waals surface area (Å²) in [6.45, 7) is 1.98. The summed E-state index contributed by atoms with van der Waals surface area (Å²) in [5.74, 6) is -1.08. The first-order chi connectivity index (χ1) is 12.6. The zero-order valence-electron chi connectivity index (χ0n) is 13.9. The number of ether oxygens (including phenoxy) is 2. The lowest BCUT2D eigenvalue weighted by Gasteiger charge is -2.14. The Morgan fingerprint density at radius 2 is 1.77 bits per heavy atom. The molecule has 0 atom stereocenters. The van der Waals surface area contributed by atoms with Crippen molar-refractivity contribution in [1.29, 1.82) is 5.26 Å². The summed E-state index contributed by atoms with van der Waals surface area (Å²) in [6, 6.07) is 12.4. The molecule has 26 heavy (non-hydrogen) atoms. The average molecular weight is 350 g/mol. The smallest absolute Gasteiger partial charge is 0.339 e. The second kappa shape index (κ2) is 7.07. The predicted octanol–water partition coefficient (Wildman–Crippen LogP) is 2.57. The number of imide groups is 1. The molecule has 130 valence electrons. The number of hydrogen-bond acceptors (Lipinski definition) is 6. The lowest BCUT2D eigenvalue weighted by Crippen LogP contribution is -2.29. The Hall–Kier alpha value is -3.66. The van der Waals surface area contributed by atoms with E-state index in [0.717, 1.165) is 4.90 Å². The number of benzene rings is 2. The molecule has 0 aromatic heterocycles. The Balaban J connectivity index is 1.90. The summed E-state index contributed by atoms with van der Waals surface area (Å²) < 4.78 is 10.1.